The molecule has 0 aliphatic carbocycles. The fraction of sp³-hybridized carbons (Fsp3) is 0.176. The SMILES string of the molecule is Cc1ccccc1NC(=O)C(C)OC(=O)c1ccc(F)cc1Br. The molecule has 1 N–H and O–H groups in total. The molecule has 0 heterocycles. The topological polar surface area (TPSA) is 55.4 Å². The van der Waals surface area contributed by atoms with Gasteiger partial charge >= 0.3 is 5.97 Å². The lowest BCUT2D eigenvalue weighted by atomic mass is 10.2. The van der Waals surface area contributed by atoms with Crippen molar-refractivity contribution in [1.29, 1.82) is 0 Å². The Kier molecular flexibility index (Phi) is 5.50. The molecule has 4 nitrogen and oxygen atoms in total. The second-order valence-corrected chi connectivity index (χ2v) is 5.83. The van der Waals surface area contributed by atoms with Crippen LogP contribution in [0.1, 0.15) is 22.8 Å². The first-order chi connectivity index (χ1) is 10.9. The summed E-state index contributed by atoms with van der Waals surface area (Å²) in [5.74, 6) is -1.62. The molecular weight excluding hydrogens is 365 g/mol. The molecule has 0 aliphatic rings. The molecule has 0 radical (unpaired) electrons. The van der Waals surface area contributed by atoms with E-state index in [1.54, 1.807) is 12.1 Å². The van der Waals surface area contributed by atoms with Crippen LogP contribution in [0.3, 0.4) is 0 Å². The summed E-state index contributed by atoms with van der Waals surface area (Å²) >= 11 is 3.10. The third-order valence-corrected chi connectivity index (χ3v) is 3.86. The van der Waals surface area contributed by atoms with Crippen LogP contribution in [0.25, 0.3) is 0 Å². The lowest BCUT2D eigenvalue weighted by Gasteiger charge is -2.15. The fourth-order valence-corrected chi connectivity index (χ4v) is 2.39. The Labute approximate surface area is 141 Å². The van der Waals surface area contributed by atoms with E-state index in [-0.39, 0.29) is 10.0 Å². The van der Waals surface area contributed by atoms with Gasteiger partial charge < -0.3 is 10.1 Å². The van der Waals surface area contributed by atoms with Crippen molar-refractivity contribution >= 4 is 33.5 Å². The number of aryl methyl sites for hydroxylation is 1. The van der Waals surface area contributed by atoms with E-state index in [0.717, 1.165) is 17.7 Å². The number of para-hydroxylation sites is 1. The molecule has 1 atom stereocenters. The lowest BCUT2D eigenvalue weighted by molar-refractivity contribution is -0.123. The molecule has 1 unspecified atom stereocenters. The van der Waals surface area contributed by atoms with Crippen molar-refractivity contribution < 1.29 is 18.7 Å². The lowest BCUT2D eigenvalue weighted by Crippen LogP contribution is -2.30. The Hall–Kier alpha value is -2.21. The van der Waals surface area contributed by atoms with E-state index >= 15 is 0 Å². The van der Waals surface area contributed by atoms with E-state index in [9.17, 15) is 14.0 Å². The zero-order valence-corrected chi connectivity index (χ0v) is 14.2. The smallest absolute Gasteiger partial charge is 0.340 e. The number of halogens is 2. The minimum atomic E-state index is -0.987. The van der Waals surface area contributed by atoms with Gasteiger partial charge in [-0.25, -0.2) is 9.18 Å². The van der Waals surface area contributed by atoms with Crippen molar-refractivity contribution in [3.63, 3.8) is 0 Å². The summed E-state index contributed by atoms with van der Waals surface area (Å²) in [4.78, 5) is 24.2. The summed E-state index contributed by atoms with van der Waals surface area (Å²) < 4.78 is 18.4. The molecule has 6 heteroatoms. The second kappa shape index (κ2) is 7.37. The molecule has 0 fully saturated rings. The van der Waals surface area contributed by atoms with E-state index in [2.05, 4.69) is 21.2 Å². The highest BCUT2D eigenvalue weighted by Gasteiger charge is 2.21. The highest BCUT2D eigenvalue weighted by Crippen LogP contribution is 2.20. The summed E-state index contributed by atoms with van der Waals surface area (Å²) in [5.41, 5.74) is 1.71. The fourth-order valence-electron chi connectivity index (χ4n) is 1.88. The Morgan fingerprint density at radius 3 is 2.57 bits per heavy atom. The van der Waals surface area contributed by atoms with E-state index < -0.39 is 23.8 Å². The van der Waals surface area contributed by atoms with Crippen LogP contribution in [0, 0.1) is 12.7 Å². The molecule has 1 amide bonds. The van der Waals surface area contributed by atoms with Crippen LogP contribution in [-0.2, 0) is 9.53 Å². The number of benzene rings is 2. The molecule has 0 aliphatic heterocycles. The molecule has 2 aromatic carbocycles. The molecule has 0 bridgehead atoms. The first kappa shape index (κ1) is 17.1. The maximum absolute atomic E-state index is 13.0. The summed E-state index contributed by atoms with van der Waals surface area (Å²) in [5, 5.41) is 2.70. The van der Waals surface area contributed by atoms with Gasteiger partial charge in [-0.05, 0) is 59.6 Å². The summed E-state index contributed by atoms with van der Waals surface area (Å²) in [6, 6.07) is 10.9. The monoisotopic (exact) mass is 379 g/mol. The largest absolute Gasteiger partial charge is 0.449 e. The van der Waals surface area contributed by atoms with Crippen LogP contribution in [0.15, 0.2) is 46.9 Å². The zero-order chi connectivity index (χ0) is 17.0. The van der Waals surface area contributed by atoms with Gasteiger partial charge in [-0.1, -0.05) is 18.2 Å². The van der Waals surface area contributed by atoms with Gasteiger partial charge in [0.1, 0.15) is 5.82 Å². The van der Waals surface area contributed by atoms with Crippen LogP contribution in [0.5, 0.6) is 0 Å². The Balaban J connectivity index is 2.03. The van der Waals surface area contributed by atoms with Crippen molar-refractivity contribution in [3.8, 4) is 0 Å². The number of esters is 1. The van der Waals surface area contributed by atoms with Crippen LogP contribution < -0.4 is 5.32 Å². The van der Waals surface area contributed by atoms with Gasteiger partial charge in [0.05, 0.1) is 5.56 Å². The minimum absolute atomic E-state index is 0.155. The predicted molar refractivity (Wildman–Crippen MR) is 88.8 cm³/mol. The van der Waals surface area contributed by atoms with Crippen molar-refractivity contribution in [3.05, 3.63) is 63.9 Å². The number of hydrogen-bond donors (Lipinski definition) is 1. The molecule has 0 spiro atoms. The number of carbonyl (C=O) groups excluding carboxylic acids is 2. The summed E-state index contributed by atoms with van der Waals surface area (Å²) in [6.07, 6.45) is -0.987. The third kappa shape index (κ3) is 4.39. The van der Waals surface area contributed by atoms with Gasteiger partial charge in [-0.3, -0.25) is 4.79 Å². The number of anilines is 1. The number of carbonyl (C=O) groups is 2. The number of nitrogens with one attached hydrogen (secondary N) is 1. The maximum atomic E-state index is 13.0. The third-order valence-electron chi connectivity index (χ3n) is 3.21. The van der Waals surface area contributed by atoms with Crippen molar-refractivity contribution in [2.75, 3.05) is 5.32 Å². The number of hydrogen-bond acceptors (Lipinski definition) is 3. The first-order valence-electron chi connectivity index (χ1n) is 6.91. The standard InChI is InChI=1S/C17H15BrFNO3/c1-10-5-3-4-6-15(10)20-16(21)11(2)23-17(22)13-8-7-12(19)9-14(13)18/h3-9,11H,1-2H3,(H,20,21). The normalized spacial score (nSPS) is 11.7. The first-order valence-corrected chi connectivity index (χ1v) is 7.70. The summed E-state index contributed by atoms with van der Waals surface area (Å²) in [7, 11) is 0. The number of rotatable bonds is 4. The molecule has 23 heavy (non-hydrogen) atoms. The van der Waals surface area contributed by atoms with Gasteiger partial charge in [0.2, 0.25) is 0 Å². The molecular formula is C17H15BrFNO3. The quantitative estimate of drug-likeness (QED) is 0.814. The highest BCUT2D eigenvalue weighted by atomic mass is 79.9. The van der Waals surface area contributed by atoms with Gasteiger partial charge in [-0.2, -0.15) is 0 Å². The molecule has 2 aromatic rings. The zero-order valence-electron chi connectivity index (χ0n) is 12.6. The van der Waals surface area contributed by atoms with Crippen molar-refractivity contribution in [1.82, 2.24) is 0 Å². The molecule has 0 aromatic heterocycles. The Morgan fingerprint density at radius 2 is 1.91 bits per heavy atom. The van der Waals surface area contributed by atoms with Crippen LogP contribution in [0.4, 0.5) is 10.1 Å². The molecule has 0 saturated carbocycles. The van der Waals surface area contributed by atoms with Gasteiger partial charge in [0.15, 0.2) is 6.10 Å². The maximum Gasteiger partial charge on any atom is 0.340 e. The number of amides is 1. The van der Waals surface area contributed by atoms with E-state index in [1.807, 2.05) is 19.1 Å². The summed E-state index contributed by atoms with van der Waals surface area (Å²) in [6.45, 7) is 3.34. The predicted octanol–water partition coefficient (Wildman–Crippen LogP) is 4.08. The average molecular weight is 380 g/mol. The van der Waals surface area contributed by atoms with E-state index in [0.29, 0.717) is 5.69 Å². The Bertz CT molecular complexity index is 748. The van der Waals surface area contributed by atoms with Crippen LogP contribution in [-0.4, -0.2) is 18.0 Å². The van der Waals surface area contributed by atoms with E-state index in [4.69, 9.17) is 4.74 Å². The molecule has 2 rings (SSSR count). The second-order valence-electron chi connectivity index (χ2n) is 4.98. The van der Waals surface area contributed by atoms with Gasteiger partial charge in [0.25, 0.3) is 5.91 Å². The van der Waals surface area contributed by atoms with Crippen LogP contribution in [0.2, 0.25) is 0 Å². The van der Waals surface area contributed by atoms with E-state index in [1.165, 1.54) is 13.0 Å². The van der Waals surface area contributed by atoms with Crippen molar-refractivity contribution in [2.24, 2.45) is 0 Å². The number of ether oxygens (including phenoxy) is 1. The van der Waals surface area contributed by atoms with Gasteiger partial charge in [0, 0.05) is 10.2 Å². The molecule has 0 saturated heterocycles. The minimum Gasteiger partial charge on any atom is -0.449 e. The highest BCUT2D eigenvalue weighted by molar-refractivity contribution is 9.10. The van der Waals surface area contributed by atoms with Crippen molar-refractivity contribution in [2.45, 2.75) is 20.0 Å². The Morgan fingerprint density at radius 1 is 1.22 bits per heavy atom. The molecule has 120 valence electrons. The van der Waals surface area contributed by atoms with Crippen LogP contribution >= 0.6 is 15.9 Å². The van der Waals surface area contributed by atoms with Gasteiger partial charge in [-0.15, -0.1) is 0 Å². The average Bonchev–Trinajstić information content (AvgIpc) is 2.49.